The lowest BCUT2D eigenvalue weighted by Crippen LogP contribution is -1.92. The fourth-order valence-corrected chi connectivity index (χ4v) is 1.27. The van der Waals surface area contributed by atoms with Crippen LogP contribution in [0, 0.1) is 0 Å². The normalized spacial score (nSPS) is 16.1. The van der Waals surface area contributed by atoms with Crippen LogP contribution in [0.15, 0.2) is 24.3 Å². The molecule has 74 valence electrons. The average Bonchev–Trinajstić information content (AvgIpc) is 2.61. The number of hydrogen-bond donors (Lipinski definition) is 1. The molecule has 3 nitrogen and oxygen atoms in total. The Morgan fingerprint density at radius 2 is 2.14 bits per heavy atom. The van der Waals surface area contributed by atoms with Crippen LogP contribution in [0.1, 0.15) is 12.5 Å². The molecule has 3 heteroatoms. The molecule has 0 amide bonds. The van der Waals surface area contributed by atoms with E-state index in [4.69, 9.17) is 14.6 Å². The van der Waals surface area contributed by atoms with Gasteiger partial charge in [0.2, 0.25) is 6.79 Å². The van der Waals surface area contributed by atoms with Gasteiger partial charge in [-0.15, -0.1) is 0 Å². The van der Waals surface area contributed by atoms with Gasteiger partial charge < -0.3 is 14.6 Å². The van der Waals surface area contributed by atoms with E-state index < -0.39 is 6.10 Å². The summed E-state index contributed by atoms with van der Waals surface area (Å²) in [6.45, 7) is 2.00. The van der Waals surface area contributed by atoms with Gasteiger partial charge in [0.15, 0.2) is 11.5 Å². The molecular formula is C11H12O3. The van der Waals surface area contributed by atoms with Crippen molar-refractivity contribution in [3.63, 3.8) is 0 Å². The minimum absolute atomic E-state index is 0.291. The lowest BCUT2D eigenvalue weighted by molar-refractivity contribution is 0.174. The SMILES string of the molecule is C[C@@H](O)/C=C/c1ccc2c(c1)OCO2. The Morgan fingerprint density at radius 1 is 1.36 bits per heavy atom. The third kappa shape index (κ3) is 1.88. The highest BCUT2D eigenvalue weighted by atomic mass is 16.7. The molecule has 0 aliphatic carbocycles. The number of ether oxygens (including phenoxy) is 2. The lowest BCUT2D eigenvalue weighted by Gasteiger charge is -1.98. The highest BCUT2D eigenvalue weighted by Gasteiger charge is 2.11. The van der Waals surface area contributed by atoms with Crippen LogP contribution in [-0.2, 0) is 0 Å². The van der Waals surface area contributed by atoms with Crippen LogP contribution in [0.4, 0.5) is 0 Å². The van der Waals surface area contributed by atoms with Crippen molar-refractivity contribution in [1.29, 1.82) is 0 Å². The molecule has 2 rings (SSSR count). The van der Waals surface area contributed by atoms with Crippen molar-refractivity contribution < 1.29 is 14.6 Å². The van der Waals surface area contributed by atoms with Gasteiger partial charge in [-0.3, -0.25) is 0 Å². The molecule has 1 aromatic carbocycles. The Balaban J connectivity index is 2.20. The Bertz CT molecular complexity index is 356. The van der Waals surface area contributed by atoms with E-state index in [-0.39, 0.29) is 0 Å². The van der Waals surface area contributed by atoms with E-state index in [0.717, 1.165) is 17.1 Å². The topological polar surface area (TPSA) is 38.7 Å². The maximum atomic E-state index is 9.06. The Morgan fingerprint density at radius 3 is 2.93 bits per heavy atom. The summed E-state index contributed by atoms with van der Waals surface area (Å²) in [5, 5.41) is 9.06. The number of aliphatic hydroxyl groups excluding tert-OH is 1. The van der Waals surface area contributed by atoms with Crippen molar-refractivity contribution >= 4 is 6.08 Å². The van der Waals surface area contributed by atoms with E-state index >= 15 is 0 Å². The summed E-state index contributed by atoms with van der Waals surface area (Å²) in [6, 6.07) is 5.68. The maximum Gasteiger partial charge on any atom is 0.231 e. The first-order valence-corrected chi connectivity index (χ1v) is 4.51. The number of aliphatic hydroxyl groups is 1. The number of benzene rings is 1. The van der Waals surface area contributed by atoms with Gasteiger partial charge >= 0.3 is 0 Å². The van der Waals surface area contributed by atoms with Crippen molar-refractivity contribution in [1.82, 2.24) is 0 Å². The molecular weight excluding hydrogens is 180 g/mol. The smallest absolute Gasteiger partial charge is 0.231 e. The van der Waals surface area contributed by atoms with Crippen molar-refractivity contribution in [2.75, 3.05) is 6.79 Å². The van der Waals surface area contributed by atoms with Crippen LogP contribution in [-0.4, -0.2) is 18.0 Å². The summed E-state index contributed by atoms with van der Waals surface area (Å²) in [7, 11) is 0. The van der Waals surface area contributed by atoms with Crippen LogP contribution >= 0.6 is 0 Å². The van der Waals surface area contributed by atoms with Gasteiger partial charge in [0.1, 0.15) is 0 Å². The van der Waals surface area contributed by atoms with Crippen LogP contribution in [0.25, 0.3) is 6.08 Å². The molecule has 0 spiro atoms. The van der Waals surface area contributed by atoms with Gasteiger partial charge in [0.05, 0.1) is 6.10 Å². The monoisotopic (exact) mass is 192 g/mol. The summed E-state index contributed by atoms with van der Waals surface area (Å²) in [5.74, 6) is 1.54. The predicted octanol–water partition coefficient (Wildman–Crippen LogP) is 1.81. The van der Waals surface area contributed by atoms with E-state index in [2.05, 4.69) is 0 Å². The molecule has 1 aromatic rings. The summed E-state index contributed by atoms with van der Waals surface area (Å²) >= 11 is 0. The first-order valence-electron chi connectivity index (χ1n) is 4.51. The largest absolute Gasteiger partial charge is 0.454 e. The van der Waals surface area contributed by atoms with E-state index in [9.17, 15) is 0 Å². The van der Waals surface area contributed by atoms with Gasteiger partial charge in [-0.2, -0.15) is 0 Å². The van der Waals surface area contributed by atoms with Gasteiger partial charge in [-0.1, -0.05) is 18.2 Å². The minimum atomic E-state index is -0.430. The Hall–Kier alpha value is -1.48. The molecule has 14 heavy (non-hydrogen) atoms. The molecule has 0 unspecified atom stereocenters. The van der Waals surface area contributed by atoms with Crippen molar-refractivity contribution in [3.05, 3.63) is 29.8 Å². The van der Waals surface area contributed by atoms with E-state index in [1.54, 1.807) is 13.0 Å². The second-order valence-electron chi connectivity index (χ2n) is 3.21. The fourth-order valence-electron chi connectivity index (χ4n) is 1.27. The molecule has 0 aromatic heterocycles. The highest BCUT2D eigenvalue weighted by Crippen LogP contribution is 2.32. The quantitative estimate of drug-likeness (QED) is 0.776. The molecule has 0 saturated carbocycles. The molecule has 1 atom stereocenters. The molecule has 0 fully saturated rings. The minimum Gasteiger partial charge on any atom is -0.454 e. The van der Waals surface area contributed by atoms with Gasteiger partial charge in [-0.25, -0.2) is 0 Å². The Labute approximate surface area is 82.6 Å². The zero-order chi connectivity index (χ0) is 9.97. The van der Waals surface area contributed by atoms with Crippen LogP contribution in [0.3, 0.4) is 0 Å². The van der Waals surface area contributed by atoms with Gasteiger partial charge in [-0.05, 0) is 24.6 Å². The van der Waals surface area contributed by atoms with E-state index in [1.165, 1.54) is 0 Å². The van der Waals surface area contributed by atoms with E-state index in [0.29, 0.717) is 6.79 Å². The standard InChI is InChI=1S/C11H12O3/c1-8(12)2-3-9-4-5-10-11(6-9)14-7-13-10/h2-6,8,12H,7H2,1H3/b3-2+/t8-/m1/s1. The summed E-state index contributed by atoms with van der Waals surface area (Å²) in [6.07, 6.45) is 3.14. The van der Waals surface area contributed by atoms with Gasteiger partial charge in [0.25, 0.3) is 0 Å². The first kappa shape index (κ1) is 9.09. The van der Waals surface area contributed by atoms with Crippen molar-refractivity contribution in [2.45, 2.75) is 13.0 Å². The van der Waals surface area contributed by atoms with Crippen LogP contribution in [0.2, 0.25) is 0 Å². The number of hydrogen-bond acceptors (Lipinski definition) is 3. The van der Waals surface area contributed by atoms with Crippen LogP contribution in [0.5, 0.6) is 11.5 Å². The second kappa shape index (κ2) is 3.72. The molecule has 0 bridgehead atoms. The summed E-state index contributed by atoms with van der Waals surface area (Å²) < 4.78 is 10.4. The summed E-state index contributed by atoms with van der Waals surface area (Å²) in [4.78, 5) is 0. The number of rotatable bonds is 2. The van der Waals surface area contributed by atoms with Crippen LogP contribution < -0.4 is 9.47 Å². The zero-order valence-electron chi connectivity index (χ0n) is 7.93. The Kier molecular flexibility index (Phi) is 2.41. The zero-order valence-corrected chi connectivity index (χ0v) is 7.93. The molecule has 1 aliphatic heterocycles. The summed E-state index contributed by atoms with van der Waals surface area (Å²) in [5.41, 5.74) is 0.996. The molecule has 0 saturated heterocycles. The number of fused-ring (bicyclic) bond motifs is 1. The molecule has 0 radical (unpaired) electrons. The lowest BCUT2D eigenvalue weighted by atomic mass is 10.2. The third-order valence-electron chi connectivity index (χ3n) is 1.96. The third-order valence-corrected chi connectivity index (χ3v) is 1.96. The molecule has 1 N–H and O–H groups in total. The van der Waals surface area contributed by atoms with Gasteiger partial charge in [0, 0.05) is 0 Å². The highest BCUT2D eigenvalue weighted by molar-refractivity contribution is 5.56. The second-order valence-corrected chi connectivity index (χ2v) is 3.21. The van der Waals surface area contributed by atoms with Crippen molar-refractivity contribution in [2.24, 2.45) is 0 Å². The van der Waals surface area contributed by atoms with E-state index in [1.807, 2.05) is 24.3 Å². The maximum absolute atomic E-state index is 9.06. The average molecular weight is 192 g/mol. The molecule has 1 heterocycles. The van der Waals surface area contributed by atoms with Crippen molar-refractivity contribution in [3.8, 4) is 11.5 Å². The first-order chi connectivity index (χ1) is 6.75. The fraction of sp³-hybridized carbons (Fsp3) is 0.273. The molecule has 1 aliphatic rings. The predicted molar refractivity (Wildman–Crippen MR) is 53.3 cm³/mol.